The molecule has 1 saturated heterocycles. The Morgan fingerprint density at radius 1 is 1.20 bits per heavy atom. The van der Waals surface area contributed by atoms with Crippen LogP contribution in [0.1, 0.15) is 18.4 Å². The molecule has 0 radical (unpaired) electrons. The Morgan fingerprint density at radius 2 is 2.00 bits per heavy atom. The minimum absolute atomic E-state index is 0.0506. The fourth-order valence-electron chi connectivity index (χ4n) is 4.04. The first-order valence-corrected chi connectivity index (χ1v) is 9.92. The fourth-order valence-corrected chi connectivity index (χ4v) is 4.16. The summed E-state index contributed by atoms with van der Waals surface area (Å²) in [5, 5.41) is 5.33. The number of para-hydroxylation sites is 1. The molecular weight excluding hydrogens is 409 g/mol. The van der Waals surface area contributed by atoms with Gasteiger partial charge in [-0.25, -0.2) is 4.39 Å². The van der Waals surface area contributed by atoms with Gasteiger partial charge in [-0.3, -0.25) is 14.4 Å². The van der Waals surface area contributed by atoms with Gasteiger partial charge in [-0.15, -0.1) is 0 Å². The summed E-state index contributed by atoms with van der Waals surface area (Å²) in [6.45, 7) is 0.433. The van der Waals surface area contributed by atoms with Crippen molar-refractivity contribution in [1.82, 2.24) is 4.90 Å². The largest absolute Gasteiger partial charge is 0.324 e. The second-order valence-electron chi connectivity index (χ2n) is 7.36. The predicted octanol–water partition coefficient (Wildman–Crippen LogP) is 3.53. The zero-order valence-electron chi connectivity index (χ0n) is 16.0. The quantitative estimate of drug-likeness (QED) is 0.735. The second kappa shape index (κ2) is 7.91. The molecule has 1 fully saturated rings. The van der Waals surface area contributed by atoms with Crippen LogP contribution in [0, 0.1) is 5.82 Å². The van der Waals surface area contributed by atoms with E-state index in [0.717, 1.165) is 29.5 Å². The lowest BCUT2D eigenvalue weighted by Crippen LogP contribution is -2.58. The van der Waals surface area contributed by atoms with Gasteiger partial charge in [0.2, 0.25) is 11.8 Å². The SMILES string of the molecule is O=C(C=CC(=O)N1CCCC12Cc1ccccc1NC2=O)Nc1ccc(Cl)c(F)c1. The third-order valence-corrected chi connectivity index (χ3v) is 5.80. The highest BCUT2D eigenvalue weighted by atomic mass is 35.5. The van der Waals surface area contributed by atoms with E-state index in [0.29, 0.717) is 25.8 Å². The number of nitrogens with one attached hydrogen (secondary N) is 2. The lowest BCUT2D eigenvalue weighted by Gasteiger charge is -2.40. The van der Waals surface area contributed by atoms with Crippen LogP contribution in [0.15, 0.2) is 54.6 Å². The van der Waals surface area contributed by atoms with Crippen molar-refractivity contribution in [2.24, 2.45) is 0 Å². The molecule has 1 spiro atoms. The van der Waals surface area contributed by atoms with E-state index in [4.69, 9.17) is 11.6 Å². The summed E-state index contributed by atoms with van der Waals surface area (Å²) in [5.41, 5.74) is 1.01. The van der Waals surface area contributed by atoms with E-state index in [1.807, 2.05) is 24.3 Å². The average Bonchev–Trinajstić information content (AvgIpc) is 3.14. The Hall–Kier alpha value is -3.19. The molecule has 2 aliphatic rings. The Morgan fingerprint density at radius 3 is 2.80 bits per heavy atom. The molecule has 0 aliphatic carbocycles. The van der Waals surface area contributed by atoms with E-state index in [9.17, 15) is 18.8 Å². The zero-order valence-corrected chi connectivity index (χ0v) is 16.7. The number of halogens is 2. The highest BCUT2D eigenvalue weighted by Crippen LogP contribution is 2.39. The summed E-state index contributed by atoms with van der Waals surface area (Å²) in [6, 6.07) is 11.4. The number of rotatable bonds is 3. The van der Waals surface area contributed by atoms with E-state index in [1.54, 1.807) is 0 Å². The van der Waals surface area contributed by atoms with Crippen LogP contribution < -0.4 is 10.6 Å². The number of amides is 3. The Labute approximate surface area is 177 Å². The molecule has 2 aromatic rings. The standard InChI is InChI=1S/C22H19ClFN3O3/c23-16-7-6-15(12-17(16)24)25-19(28)8-9-20(29)27-11-3-10-22(27)13-14-4-1-2-5-18(14)26-21(22)30/h1-2,4-9,12H,3,10-11,13H2,(H,25,28)(H,26,30). The van der Waals surface area contributed by atoms with Gasteiger partial charge in [-0.05, 0) is 42.7 Å². The minimum Gasteiger partial charge on any atom is -0.324 e. The Kier molecular flexibility index (Phi) is 5.30. The van der Waals surface area contributed by atoms with Crippen molar-refractivity contribution in [3.63, 3.8) is 0 Å². The smallest absolute Gasteiger partial charge is 0.250 e. The van der Waals surface area contributed by atoms with Crippen molar-refractivity contribution >= 4 is 40.7 Å². The number of fused-ring (bicyclic) bond motifs is 1. The Bertz CT molecular complexity index is 1070. The van der Waals surface area contributed by atoms with Crippen LogP contribution in [0.25, 0.3) is 0 Å². The molecule has 4 rings (SSSR count). The summed E-state index contributed by atoms with van der Waals surface area (Å²) < 4.78 is 13.5. The van der Waals surface area contributed by atoms with Crippen molar-refractivity contribution in [1.29, 1.82) is 0 Å². The second-order valence-corrected chi connectivity index (χ2v) is 7.77. The number of anilines is 2. The molecule has 1 unspecified atom stereocenters. The van der Waals surface area contributed by atoms with Gasteiger partial charge in [0.15, 0.2) is 0 Å². The average molecular weight is 428 g/mol. The topological polar surface area (TPSA) is 78.5 Å². The van der Waals surface area contributed by atoms with Crippen LogP contribution in [0.4, 0.5) is 15.8 Å². The van der Waals surface area contributed by atoms with Crippen LogP contribution >= 0.6 is 11.6 Å². The van der Waals surface area contributed by atoms with Gasteiger partial charge in [-0.1, -0.05) is 29.8 Å². The first-order chi connectivity index (χ1) is 14.4. The highest BCUT2D eigenvalue weighted by molar-refractivity contribution is 6.30. The monoisotopic (exact) mass is 427 g/mol. The lowest BCUT2D eigenvalue weighted by molar-refractivity contribution is -0.139. The third kappa shape index (κ3) is 3.68. The van der Waals surface area contributed by atoms with E-state index < -0.39 is 23.2 Å². The van der Waals surface area contributed by atoms with Crippen LogP contribution in [-0.4, -0.2) is 34.7 Å². The molecule has 0 saturated carbocycles. The molecule has 2 aromatic carbocycles. The molecular formula is C22H19ClFN3O3. The third-order valence-electron chi connectivity index (χ3n) is 5.49. The van der Waals surface area contributed by atoms with Crippen LogP contribution in [0.5, 0.6) is 0 Å². The number of hydrogen-bond acceptors (Lipinski definition) is 3. The first-order valence-electron chi connectivity index (χ1n) is 9.54. The van der Waals surface area contributed by atoms with E-state index >= 15 is 0 Å². The fraction of sp³-hybridized carbons (Fsp3) is 0.227. The normalized spacial score (nSPS) is 20.3. The number of carbonyl (C=O) groups excluding carboxylic acids is 3. The first kappa shape index (κ1) is 20.1. The van der Waals surface area contributed by atoms with E-state index in [-0.39, 0.29) is 16.6 Å². The van der Waals surface area contributed by atoms with Crippen molar-refractivity contribution in [2.45, 2.75) is 24.8 Å². The molecule has 6 nitrogen and oxygen atoms in total. The van der Waals surface area contributed by atoms with Crippen LogP contribution in [0.2, 0.25) is 5.02 Å². The number of carbonyl (C=O) groups is 3. The minimum atomic E-state index is -0.953. The van der Waals surface area contributed by atoms with Gasteiger partial charge in [0.05, 0.1) is 5.02 Å². The molecule has 30 heavy (non-hydrogen) atoms. The number of hydrogen-bond donors (Lipinski definition) is 2. The van der Waals surface area contributed by atoms with Crippen molar-refractivity contribution in [2.75, 3.05) is 17.2 Å². The number of nitrogens with zero attached hydrogens (tertiary/aromatic N) is 1. The lowest BCUT2D eigenvalue weighted by atomic mass is 9.83. The highest BCUT2D eigenvalue weighted by Gasteiger charge is 2.51. The maximum atomic E-state index is 13.5. The van der Waals surface area contributed by atoms with Gasteiger partial charge in [-0.2, -0.15) is 0 Å². The molecule has 2 aliphatic heterocycles. The van der Waals surface area contributed by atoms with E-state index in [2.05, 4.69) is 10.6 Å². The summed E-state index contributed by atoms with van der Waals surface area (Å²) in [4.78, 5) is 39.4. The van der Waals surface area contributed by atoms with Gasteiger partial charge in [0.25, 0.3) is 5.91 Å². The molecule has 1 atom stereocenters. The molecule has 3 amide bonds. The van der Waals surface area contributed by atoms with Gasteiger partial charge >= 0.3 is 0 Å². The van der Waals surface area contributed by atoms with Crippen LogP contribution in [0.3, 0.4) is 0 Å². The van der Waals surface area contributed by atoms with Gasteiger partial charge in [0.1, 0.15) is 11.4 Å². The van der Waals surface area contributed by atoms with Gasteiger partial charge in [0, 0.05) is 36.5 Å². The van der Waals surface area contributed by atoms with Crippen molar-refractivity contribution < 1.29 is 18.8 Å². The summed E-state index contributed by atoms with van der Waals surface area (Å²) in [5.74, 6) is -1.87. The van der Waals surface area contributed by atoms with Crippen LogP contribution in [-0.2, 0) is 20.8 Å². The molecule has 2 heterocycles. The number of benzene rings is 2. The molecule has 154 valence electrons. The van der Waals surface area contributed by atoms with E-state index in [1.165, 1.54) is 17.0 Å². The molecule has 0 aromatic heterocycles. The molecule has 8 heteroatoms. The Balaban J connectivity index is 1.48. The molecule has 0 bridgehead atoms. The number of likely N-dealkylation sites (tertiary alicyclic amines) is 1. The predicted molar refractivity (Wildman–Crippen MR) is 112 cm³/mol. The summed E-state index contributed by atoms with van der Waals surface area (Å²) in [6.07, 6.45) is 3.91. The van der Waals surface area contributed by atoms with Gasteiger partial charge < -0.3 is 15.5 Å². The molecule has 2 N–H and O–H groups in total. The maximum Gasteiger partial charge on any atom is 0.250 e. The maximum absolute atomic E-state index is 13.5. The van der Waals surface area contributed by atoms with Crippen molar-refractivity contribution in [3.8, 4) is 0 Å². The van der Waals surface area contributed by atoms with Crippen molar-refractivity contribution in [3.05, 3.63) is 71.0 Å². The summed E-state index contributed by atoms with van der Waals surface area (Å²) in [7, 11) is 0. The zero-order chi connectivity index (χ0) is 21.3. The summed E-state index contributed by atoms with van der Waals surface area (Å²) >= 11 is 5.62.